The average Bonchev–Trinajstić information content (AvgIpc) is 2.06. The van der Waals surface area contributed by atoms with Crippen LogP contribution in [0.25, 0.3) is 0 Å². The lowest BCUT2D eigenvalue weighted by Crippen LogP contribution is -2.34. The molecule has 0 unspecified atom stereocenters. The molecule has 1 aromatic heterocycles. The Morgan fingerprint density at radius 3 is 2.67 bits per heavy atom. The molecule has 4 heteroatoms. The molecule has 0 aliphatic rings. The van der Waals surface area contributed by atoms with Gasteiger partial charge in [-0.2, -0.15) is 0 Å². The lowest BCUT2D eigenvalue weighted by atomic mass is 10.2. The minimum atomic E-state index is -0.110. The molecule has 2 N–H and O–H groups in total. The number of likely N-dealkylation sites (N-methyl/N-ethyl adjacent to an activating group) is 1. The van der Waals surface area contributed by atoms with Crippen molar-refractivity contribution in [2.24, 2.45) is 5.84 Å². The standard InChI is InChI=1S/C8H11N3O/c1-11(9)8(12)6-7-2-4-10-5-3-7/h2-5H,6,9H2,1H3. The van der Waals surface area contributed by atoms with Crippen LogP contribution in [0.5, 0.6) is 0 Å². The van der Waals surface area contributed by atoms with E-state index in [1.165, 1.54) is 7.05 Å². The van der Waals surface area contributed by atoms with Crippen molar-refractivity contribution in [2.45, 2.75) is 6.42 Å². The lowest BCUT2D eigenvalue weighted by Gasteiger charge is -2.08. The normalized spacial score (nSPS) is 9.50. The van der Waals surface area contributed by atoms with Crippen LogP contribution < -0.4 is 5.84 Å². The molecule has 1 amide bonds. The van der Waals surface area contributed by atoms with Gasteiger partial charge < -0.3 is 0 Å². The third kappa shape index (κ3) is 2.32. The van der Waals surface area contributed by atoms with Gasteiger partial charge in [0.2, 0.25) is 5.91 Å². The molecule has 64 valence electrons. The molecule has 4 nitrogen and oxygen atoms in total. The van der Waals surface area contributed by atoms with Crippen LogP contribution in [0.15, 0.2) is 24.5 Å². The molecule has 0 spiro atoms. The first-order chi connectivity index (χ1) is 5.70. The highest BCUT2D eigenvalue weighted by Gasteiger charge is 2.04. The molecule has 0 fully saturated rings. The highest BCUT2D eigenvalue weighted by atomic mass is 16.2. The van der Waals surface area contributed by atoms with E-state index in [1.54, 1.807) is 24.5 Å². The number of nitrogens with two attached hydrogens (primary N) is 1. The molecule has 0 saturated carbocycles. The first-order valence-corrected chi connectivity index (χ1v) is 3.60. The Kier molecular flexibility index (Phi) is 2.76. The van der Waals surface area contributed by atoms with Crippen molar-refractivity contribution in [3.8, 4) is 0 Å². The van der Waals surface area contributed by atoms with E-state index in [9.17, 15) is 4.79 Å². The van der Waals surface area contributed by atoms with Crippen LogP contribution in [0.2, 0.25) is 0 Å². The maximum Gasteiger partial charge on any atom is 0.240 e. The second-order valence-electron chi connectivity index (χ2n) is 2.54. The topological polar surface area (TPSA) is 59.2 Å². The molecule has 1 aromatic rings. The number of hydrogen-bond donors (Lipinski definition) is 1. The second kappa shape index (κ2) is 3.82. The van der Waals surface area contributed by atoms with E-state index in [0.717, 1.165) is 10.6 Å². The van der Waals surface area contributed by atoms with Gasteiger partial charge in [0, 0.05) is 19.4 Å². The summed E-state index contributed by atoms with van der Waals surface area (Å²) in [6, 6.07) is 3.59. The number of carbonyl (C=O) groups is 1. The fourth-order valence-electron chi connectivity index (χ4n) is 0.800. The van der Waals surface area contributed by atoms with E-state index in [0.29, 0.717) is 6.42 Å². The minimum absolute atomic E-state index is 0.110. The zero-order chi connectivity index (χ0) is 8.97. The number of hydrogen-bond acceptors (Lipinski definition) is 3. The Balaban J connectivity index is 2.59. The monoisotopic (exact) mass is 165 g/mol. The SMILES string of the molecule is CN(N)C(=O)Cc1ccncc1. The van der Waals surface area contributed by atoms with Crippen molar-refractivity contribution in [2.75, 3.05) is 7.05 Å². The van der Waals surface area contributed by atoms with E-state index in [-0.39, 0.29) is 5.91 Å². The number of rotatable bonds is 2. The molecule has 12 heavy (non-hydrogen) atoms. The van der Waals surface area contributed by atoms with Gasteiger partial charge in [0.05, 0.1) is 6.42 Å². The van der Waals surface area contributed by atoms with Gasteiger partial charge in [-0.3, -0.25) is 14.8 Å². The van der Waals surface area contributed by atoms with Gasteiger partial charge in [-0.25, -0.2) is 5.84 Å². The van der Waals surface area contributed by atoms with Gasteiger partial charge in [-0.15, -0.1) is 0 Å². The van der Waals surface area contributed by atoms with Crippen LogP contribution in [0, 0.1) is 0 Å². The van der Waals surface area contributed by atoms with Gasteiger partial charge in [0.1, 0.15) is 0 Å². The molecule has 0 aliphatic heterocycles. The highest BCUT2D eigenvalue weighted by Crippen LogP contribution is 1.98. The summed E-state index contributed by atoms with van der Waals surface area (Å²) in [5.74, 6) is 5.14. The second-order valence-corrected chi connectivity index (χ2v) is 2.54. The van der Waals surface area contributed by atoms with E-state index >= 15 is 0 Å². The summed E-state index contributed by atoms with van der Waals surface area (Å²) in [5.41, 5.74) is 0.923. The molecular weight excluding hydrogens is 154 g/mol. The molecular formula is C8H11N3O. The van der Waals surface area contributed by atoms with Crippen LogP contribution in [0.3, 0.4) is 0 Å². The van der Waals surface area contributed by atoms with Crippen LogP contribution in [0.1, 0.15) is 5.56 Å². The van der Waals surface area contributed by atoms with Crippen molar-refractivity contribution in [3.05, 3.63) is 30.1 Å². The Morgan fingerprint density at radius 2 is 2.17 bits per heavy atom. The zero-order valence-corrected chi connectivity index (χ0v) is 6.90. The van der Waals surface area contributed by atoms with Crippen LogP contribution in [-0.2, 0) is 11.2 Å². The predicted octanol–water partition coefficient (Wildman–Crippen LogP) is -0.0438. The lowest BCUT2D eigenvalue weighted by molar-refractivity contribution is -0.129. The van der Waals surface area contributed by atoms with Gasteiger partial charge >= 0.3 is 0 Å². The number of nitrogens with zero attached hydrogens (tertiary/aromatic N) is 2. The number of hydrazine groups is 1. The van der Waals surface area contributed by atoms with Gasteiger partial charge in [0.25, 0.3) is 0 Å². The summed E-state index contributed by atoms with van der Waals surface area (Å²) in [5, 5.41) is 1.08. The summed E-state index contributed by atoms with van der Waals surface area (Å²) in [7, 11) is 1.53. The van der Waals surface area contributed by atoms with Crippen molar-refractivity contribution < 1.29 is 4.79 Å². The summed E-state index contributed by atoms with van der Waals surface area (Å²) >= 11 is 0. The average molecular weight is 165 g/mol. The summed E-state index contributed by atoms with van der Waals surface area (Å²) in [6.45, 7) is 0. The maximum atomic E-state index is 11.1. The Labute approximate surface area is 71.0 Å². The summed E-state index contributed by atoms with van der Waals surface area (Å²) in [4.78, 5) is 14.9. The largest absolute Gasteiger partial charge is 0.284 e. The van der Waals surface area contributed by atoms with Crippen LogP contribution in [-0.4, -0.2) is 22.9 Å². The molecule has 0 saturated heterocycles. The third-order valence-electron chi connectivity index (χ3n) is 1.50. The molecule has 0 atom stereocenters. The third-order valence-corrected chi connectivity index (χ3v) is 1.50. The molecule has 0 radical (unpaired) electrons. The fraction of sp³-hybridized carbons (Fsp3) is 0.250. The maximum absolute atomic E-state index is 11.1. The highest BCUT2D eigenvalue weighted by molar-refractivity contribution is 5.77. The first kappa shape index (κ1) is 8.67. The predicted molar refractivity (Wildman–Crippen MR) is 44.9 cm³/mol. The quantitative estimate of drug-likeness (QED) is 0.380. The Morgan fingerprint density at radius 1 is 1.58 bits per heavy atom. The van der Waals surface area contributed by atoms with Crippen molar-refractivity contribution in [1.29, 1.82) is 0 Å². The number of aromatic nitrogens is 1. The van der Waals surface area contributed by atoms with E-state index in [2.05, 4.69) is 4.98 Å². The summed E-state index contributed by atoms with van der Waals surface area (Å²) < 4.78 is 0. The molecule has 1 heterocycles. The Bertz CT molecular complexity index is 258. The number of amides is 1. The summed E-state index contributed by atoms with van der Waals surface area (Å²) in [6.07, 6.45) is 3.63. The van der Waals surface area contributed by atoms with Gasteiger partial charge in [-0.05, 0) is 17.7 Å². The van der Waals surface area contributed by atoms with Crippen molar-refractivity contribution in [1.82, 2.24) is 9.99 Å². The minimum Gasteiger partial charge on any atom is -0.284 e. The number of carbonyl (C=O) groups excluding carboxylic acids is 1. The number of pyridine rings is 1. The first-order valence-electron chi connectivity index (χ1n) is 3.60. The van der Waals surface area contributed by atoms with Gasteiger partial charge in [-0.1, -0.05) is 0 Å². The fourth-order valence-corrected chi connectivity index (χ4v) is 0.800. The van der Waals surface area contributed by atoms with Crippen molar-refractivity contribution in [3.63, 3.8) is 0 Å². The molecule has 0 aliphatic carbocycles. The van der Waals surface area contributed by atoms with E-state index < -0.39 is 0 Å². The molecule has 1 rings (SSSR count). The zero-order valence-electron chi connectivity index (χ0n) is 6.90. The Hall–Kier alpha value is -1.42. The van der Waals surface area contributed by atoms with Crippen LogP contribution >= 0.6 is 0 Å². The smallest absolute Gasteiger partial charge is 0.240 e. The van der Waals surface area contributed by atoms with Crippen molar-refractivity contribution >= 4 is 5.91 Å². The molecule has 0 bridgehead atoms. The van der Waals surface area contributed by atoms with Gasteiger partial charge in [0.15, 0.2) is 0 Å². The van der Waals surface area contributed by atoms with Crippen LogP contribution in [0.4, 0.5) is 0 Å². The molecule has 0 aromatic carbocycles. The van der Waals surface area contributed by atoms with E-state index in [1.807, 2.05) is 0 Å². The van der Waals surface area contributed by atoms with E-state index in [4.69, 9.17) is 5.84 Å².